The Kier molecular flexibility index (Phi) is 7.57. The van der Waals surface area contributed by atoms with Crippen molar-refractivity contribution in [3.05, 3.63) is 0 Å². The third-order valence-corrected chi connectivity index (χ3v) is 1.98. The van der Waals surface area contributed by atoms with Crippen LogP contribution < -0.4 is 0 Å². The van der Waals surface area contributed by atoms with Crippen LogP contribution in [0, 0.1) is 0 Å². The van der Waals surface area contributed by atoms with Gasteiger partial charge in [0, 0.05) is 19.6 Å². The number of amides is 2. The fourth-order valence-corrected chi connectivity index (χ4v) is 1.15. The van der Waals surface area contributed by atoms with Gasteiger partial charge in [-0.15, -0.1) is 0 Å². The summed E-state index contributed by atoms with van der Waals surface area (Å²) in [6.45, 7) is 2.37. The number of carbonyl (C=O) groups excluding carboxylic acids is 2. The van der Waals surface area contributed by atoms with Crippen LogP contribution in [0.2, 0.25) is 0 Å². The van der Waals surface area contributed by atoms with Gasteiger partial charge < -0.3 is 20.0 Å². The van der Waals surface area contributed by atoms with Crippen LogP contribution in [0.3, 0.4) is 0 Å². The van der Waals surface area contributed by atoms with Crippen LogP contribution >= 0.6 is 0 Å². The fraction of sp³-hybridized carbons (Fsp3) is 0.778. The van der Waals surface area contributed by atoms with Crippen molar-refractivity contribution >= 4 is 12.3 Å². The van der Waals surface area contributed by atoms with Crippen LogP contribution in [0.4, 0.5) is 0 Å². The molecule has 0 aliphatic rings. The summed E-state index contributed by atoms with van der Waals surface area (Å²) < 4.78 is 0. The second-order valence-electron chi connectivity index (χ2n) is 3.00. The Hall–Kier alpha value is -1.14. The lowest BCUT2D eigenvalue weighted by Gasteiger charge is -2.23. The zero-order valence-electron chi connectivity index (χ0n) is 8.93. The second-order valence-corrected chi connectivity index (χ2v) is 3.00. The smallest absolute Gasteiger partial charge is 0.242 e. The van der Waals surface area contributed by atoms with Crippen molar-refractivity contribution in [2.45, 2.75) is 6.92 Å². The quantitative estimate of drug-likeness (QED) is 0.475. The Morgan fingerprint density at radius 3 is 2.27 bits per heavy atom. The normalized spacial score (nSPS) is 9.80. The highest BCUT2D eigenvalue weighted by Crippen LogP contribution is 1.92. The highest BCUT2D eigenvalue weighted by atomic mass is 16.3. The Bertz CT molecular complexity index is 199. The lowest BCUT2D eigenvalue weighted by atomic mass is 10.4. The van der Waals surface area contributed by atoms with E-state index >= 15 is 0 Å². The summed E-state index contributed by atoms with van der Waals surface area (Å²) in [7, 11) is 0. The molecule has 0 rings (SSSR count). The molecule has 0 heterocycles. The molecule has 0 aliphatic heterocycles. The van der Waals surface area contributed by atoms with Gasteiger partial charge in [-0.05, 0) is 6.92 Å². The Morgan fingerprint density at radius 2 is 1.87 bits per heavy atom. The van der Waals surface area contributed by atoms with E-state index in [1.807, 2.05) is 0 Å². The Morgan fingerprint density at radius 1 is 1.27 bits per heavy atom. The first-order chi connectivity index (χ1) is 7.19. The van der Waals surface area contributed by atoms with Gasteiger partial charge in [-0.25, -0.2) is 0 Å². The van der Waals surface area contributed by atoms with Gasteiger partial charge in [0.25, 0.3) is 0 Å². The molecule has 6 nitrogen and oxygen atoms in total. The second kappa shape index (κ2) is 8.19. The summed E-state index contributed by atoms with van der Waals surface area (Å²) >= 11 is 0. The summed E-state index contributed by atoms with van der Waals surface area (Å²) in [4.78, 5) is 24.7. The van der Waals surface area contributed by atoms with E-state index in [2.05, 4.69) is 0 Å². The highest BCUT2D eigenvalue weighted by molar-refractivity contribution is 5.80. The monoisotopic (exact) mass is 218 g/mol. The average molecular weight is 218 g/mol. The van der Waals surface area contributed by atoms with Crippen molar-refractivity contribution in [2.24, 2.45) is 0 Å². The van der Waals surface area contributed by atoms with Crippen LogP contribution in [0.5, 0.6) is 0 Å². The molecule has 88 valence electrons. The first-order valence-corrected chi connectivity index (χ1v) is 4.88. The molecule has 2 N–H and O–H groups in total. The van der Waals surface area contributed by atoms with Gasteiger partial charge in [0.1, 0.15) is 0 Å². The standard InChI is InChI=1S/C9H18N2O4/c1-2-11(4-6-13)9(15)7-10(8-14)3-5-12/h8,12-13H,2-7H2,1H3. The summed E-state index contributed by atoms with van der Waals surface area (Å²) in [5.74, 6) is -0.230. The van der Waals surface area contributed by atoms with Crippen LogP contribution in [-0.4, -0.2) is 71.7 Å². The maximum atomic E-state index is 11.5. The average Bonchev–Trinajstić information content (AvgIpc) is 2.24. The molecule has 0 bridgehead atoms. The van der Waals surface area contributed by atoms with Crippen LogP contribution in [0.15, 0.2) is 0 Å². The molecule has 0 saturated heterocycles. The molecule has 0 unspecified atom stereocenters. The van der Waals surface area contributed by atoms with Gasteiger partial charge in [0.05, 0.1) is 19.8 Å². The minimum Gasteiger partial charge on any atom is -0.395 e. The van der Waals surface area contributed by atoms with Crippen molar-refractivity contribution in [2.75, 3.05) is 39.4 Å². The predicted molar refractivity (Wildman–Crippen MR) is 54.1 cm³/mol. The van der Waals surface area contributed by atoms with Gasteiger partial charge in [0.15, 0.2) is 0 Å². The van der Waals surface area contributed by atoms with Crippen molar-refractivity contribution < 1.29 is 19.8 Å². The molecule has 15 heavy (non-hydrogen) atoms. The van der Waals surface area contributed by atoms with Crippen molar-refractivity contribution in [3.63, 3.8) is 0 Å². The lowest BCUT2D eigenvalue weighted by molar-refractivity contribution is -0.136. The van der Waals surface area contributed by atoms with Crippen LogP contribution in [0.25, 0.3) is 0 Å². The molecule has 0 saturated carbocycles. The topological polar surface area (TPSA) is 81.1 Å². The fourth-order valence-electron chi connectivity index (χ4n) is 1.15. The molecule has 0 aromatic heterocycles. The van der Waals surface area contributed by atoms with Gasteiger partial charge in [-0.2, -0.15) is 0 Å². The molecule has 0 aliphatic carbocycles. The minimum absolute atomic E-state index is 0.0576. The maximum Gasteiger partial charge on any atom is 0.242 e. The minimum atomic E-state index is -0.230. The summed E-state index contributed by atoms with van der Waals surface area (Å²) in [5, 5.41) is 17.3. The Balaban J connectivity index is 4.11. The third-order valence-electron chi connectivity index (χ3n) is 1.98. The predicted octanol–water partition coefficient (Wildman–Crippen LogP) is -1.72. The van der Waals surface area contributed by atoms with Gasteiger partial charge >= 0.3 is 0 Å². The molecular formula is C9H18N2O4. The number of hydrogen-bond donors (Lipinski definition) is 2. The van der Waals surface area contributed by atoms with Crippen molar-refractivity contribution in [3.8, 4) is 0 Å². The van der Waals surface area contributed by atoms with Crippen LogP contribution in [-0.2, 0) is 9.59 Å². The van der Waals surface area contributed by atoms with E-state index in [1.165, 1.54) is 9.80 Å². The molecule has 0 aromatic carbocycles. The molecule has 0 radical (unpaired) electrons. The first-order valence-electron chi connectivity index (χ1n) is 4.88. The van der Waals surface area contributed by atoms with Crippen molar-refractivity contribution in [1.29, 1.82) is 0 Å². The number of aliphatic hydroxyl groups excluding tert-OH is 2. The third kappa shape index (κ3) is 5.34. The largest absolute Gasteiger partial charge is 0.395 e. The molecule has 0 atom stereocenters. The molecule has 0 fully saturated rings. The molecule has 0 aromatic rings. The summed E-state index contributed by atoms with van der Waals surface area (Å²) in [5.41, 5.74) is 0. The lowest BCUT2D eigenvalue weighted by Crippen LogP contribution is -2.41. The van der Waals surface area contributed by atoms with E-state index < -0.39 is 0 Å². The van der Waals surface area contributed by atoms with Crippen molar-refractivity contribution in [1.82, 2.24) is 9.80 Å². The zero-order chi connectivity index (χ0) is 11.7. The van der Waals surface area contributed by atoms with Gasteiger partial charge in [-0.1, -0.05) is 0 Å². The number of aliphatic hydroxyl groups is 2. The van der Waals surface area contributed by atoms with E-state index in [9.17, 15) is 9.59 Å². The molecular weight excluding hydrogens is 200 g/mol. The summed E-state index contributed by atoms with van der Waals surface area (Å²) in [6, 6.07) is 0. The van der Waals surface area contributed by atoms with E-state index in [0.29, 0.717) is 13.0 Å². The number of carbonyl (C=O) groups is 2. The number of nitrogens with zero attached hydrogens (tertiary/aromatic N) is 2. The maximum absolute atomic E-state index is 11.5. The van der Waals surface area contributed by atoms with E-state index in [4.69, 9.17) is 10.2 Å². The molecule has 0 spiro atoms. The zero-order valence-corrected chi connectivity index (χ0v) is 8.93. The highest BCUT2D eigenvalue weighted by Gasteiger charge is 2.14. The molecule has 6 heteroatoms. The van der Waals surface area contributed by atoms with Gasteiger partial charge in [0.2, 0.25) is 12.3 Å². The first kappa shape index (κ1) is 13.9. The molecule has 2 amide bonds. The van der Waals surface area contributed by atoms with Crippen LogP contribution in [0.1, 0.15) is 6.92 Å². The van der Waals surface area contributed by atoms with Gasteiger partial charge in [-0.3, -0.25) is 9.59 Å². The Labute approximate surface area is 89.1 Å². The summed E-state index contributed by atoms with van der Waals surface area (Å²) in [6.07, 6.45) is 0.529. The SMILES string of the molecule is CCN(CCO)C(=O)CN(C=O)CCO. The van der Waals surface area contributed by atoms with E-state index in [-0.39, 0.29) is 38.8 Å². The van der Waals surface area contributed by atoms with E-state index in [0.717, 1.165) is 0 Å². The number of likely N-dealkylation sites (N-methyl/N-ethyl adjacent to an activating group) is 1. The number of rotatable bonds is 8. The van der Waals surface area contributed by atoms with E-state index in [1.54, 1.807) is 6.92 Å². The number of hydrogen-bond acceptors (Lipinski definition) is 4.